The monoisotopic (exact) mass is 410 g/mol. The number of hydrogen-bond donors (Lipinski definition) is 1. The van der Waals surface area contributed by atoms with Crippen LogP contribution in [-0.2, 0) is 14.8 Å². The summed E-state index contributed by atoms with van der Waals surface area (Å²) in [6, 6.07) is 6.74. The van der Waals surface area contributed by atoms with Crippen molar-refractivity contribution in [2.45, 2.75) is 42.8 Å². The van der Waals surface area contributed by atoms with Crippen LogP contribution in [0.1, 0.15) is 26.7 Å². The number of carbonyl (C=O) groups is 1. The molecule has 146 valence electrons. The average molecular weight is 411 g/mol. The van der Waals surface area contributed by atoms with Gasteiger partial charge in [-0.1, -0.05) is 31.7 Å². The van der Waals surface area contributed by atoms with Gasteiger partial charge in [-0.15, -0.1) is 10.2 Å². The summed E-state index contributed by atoms with van der Waals surface area (Å²) < 4.78 is 32.3. The lowest BCUT2D eigenvalue weighted by molar-refractivity contribution is -0.118. The van der Waals surface area contributed by atoms with Gasteiger partial charge in [-0.3, -0.25) is 4.79 Å². The van der Waals surface area contributed by atoms with Crippen LogP contribution in [-0.4, -0.2) is 53.7 Å². The molecule has 1 fully saturated rings. The van der Waals surface area contributed by atoms with Crippen molar-refractivity contribution < 1.29 is 17.6 Å². The fraction of sp³-hybridized carbons (Fsp3) is 0.471. The number of amides is 1. The molecule has 1 aliphatic rings. The molecular weight excluding hydrogens is 388 g/mol. The number of rotatable bonds is 9. The Morgan fingerprint density at radius 1 is 1.30 bits per heavy atom. The third-order valence-corrected chi connectivity index (χ3v) is 6.96. The summed E-state index contributed by atoms with van der Waals surface area (Å²) in [7, 11) is -3.57. The average Bonchev–Trinajstić information content (AvgIpc) is 3.34. The fourth-order valence-electron chi connectivity index (χ4n) is 2.51. The number of benzene rings is 1. The number of sulfonamides is 1. The first-order valence-electron chi connectivity index (χ1n) is 8.80. The molecule has 1 N–H and O–H groups in total. The van der Waals surface area contributed by atoms with E-state index >= 15 is 0 Å². The normalized spacial score (nSPS) is 14.5. The van der Waals surface area contributed by atoms with E-state index in [2.05, 4.69) is 15.5 Å². The van der Waals surface area contributed by atoms with Crippen molar-refractivity contribution in [3.63, 3.8) is 0 Å². The van der Waals surface area contributed by atoms with Crippen LogP contribution in [0.5, 0.6) is 0 Å². The first-order chi connectivity index (χ1) is 12.9. The predicted molar refractivity (Wildman–Crippen MR) is 102 cm³/mol. The highest BCUT2D eigenvalue weighted by molar-refractivity contribution is 7.99. The van der Waals surface area contributed by atoms with E-state index in [1.807, 2.05) is 0 Å². The van der Waals surface area contributed by atoms with Crippen molar-refractivity contribution in [3.05, 3.63) is 24.3 Å². The highest BCUT2D eigenvalue weighted by atomic mass is 32.2. The van der Waals surface area contributed by atoms with Crippen molar-refractivity contribution in [3.8, 4) is 11.5 Å². The van der Waals surface area contributed by atoms with Crippen molar-refractivity contribution in [2.24, 2.45) is 0 Å². The zero-order chi connectivity index (χ0) is 19.4. The Bertz CT molecular complexity index is 905. The molecule has 1 aromatic carbocycles. The molecule has 1 heterocycles. The second-order valence-corrected chi connectivity index (χ2v) is 8.99. The number of nitrogens with zero attached hydrogens (tertiary/aromatic N) is 3. The molecule has 1 aromatic heterocycles. The Kier molecular flexibility index (Phi) is 6.18. The molecule has 0 aliphatic heterocycles. The molecule has 0 unspecified atom stereocenters. The van der Waals surface area contributed by atoms with Gasteiger partial charge in [0.2, 0.25) is 21.8 Å². The van der Waals surface area contributed by atoms with Crippen molar-refractivity contribution >= 4 is 27.7 Å². The molecular formula is C17H22N4O4S2. The van der Waals surface area contributed by atoms with Crippen LogP contribution in [0.2, 0.25) is 0 Å². The maximum Gasteiger partial charge on any atom is 0.277 e. The molecule has 1 saturated carbocycles. The van der Waals surface area contributed by atoms with E-state index in [1.165, 1.54) is 10.4 Å². The molecule has 0 saturated heterocycles. The summed E-state index contributed by atoms with van der Waals surface area (Å²) in [4.78, 5) is 11.9. The smallest absolute Gasteiger partial charge is 0.277 e. The van der Waals surface area contributed by atoms with Crippen molar-refractivity contribution in [2.75, 3.05) is 18.8 Å². The zero-order valence-electron chi connectivity index (χ0n) is 15.2. The third-order valence-electron chi connectivity index (χ3n) is 4.10. The SMILES string of the molecule is CCN(CC)S(=O)(=O)c1cccc(-c2nnc(SCC(=O)NC3CC3)o2)c1. The fourth-order valence-corrected chi connectivity index (χ4v) is 4.59. The van der Waals surface area contributed by atoms with E-state index in [4.69, 9.17) is 4.42 Å². The molecule has 10 heteroatoms. The second kappa shape index (κ2) is 8.41. The first-order valence-corrected chi connectivity index (χ1v) is 11.2. The largest absolute Gasteiger partial charge is 0.411 e. The van der Waals surface area contributed by atoms with Crippen LogP contribution in [0.4, 0.5) is 0 Å². The lowest BCUT2D eigenvalue weighted by Gasteiger charge is -2.18. The van der Waals surface area contributed by atoms with Gasteiger partial charge in [0, 0.05) is 24.7 Å². The van der Waals surface area contributed by atoms with E-state index in [1.54, 1.807) is 32.0 Å². The number of nitrogens with one attached hydrogen (secondary N) is 1. The standard InChI is InChI=1S/C17H22N4O4S2/c1-3-21(4-2)27(23,24)14-7-5-6-12(10-14)16-19-20-17(25-16)26-11-15(22)18-13-8-9-13/h5-7,10,13H,3-4,8-9,11H2,1-2H3,(H,18,22). The minimum Gasteiger partial charge on any atom is -0.411 e. The van der Waals surface area contributed by atoms with Gasteiger partial charge in [0.1, 0.15) is 0 Å². The first kappa shape index (κ1) is 19.8. The summed E-state index contributed by atoms with van der Waals surface area (Å²) in [5, 5.41) is 11.1. The van der Waals surface area contributed by atoms with Gasteiger partial charge >= 0.3 is 0 Å². The van der Waals surface area contributed by atoms with Crippen molar-refractivity contribution in [1.29, 1.82) is 0 Å². The van der Waals surface area contributed by atoms with Gasteiger partial charge in [-0.2, -0.15) is 4.31 Å². The molecule has 1 aliphatic carbocycles. The maximum absolute atomic E-state index is 12.7. The number of carbonyl (C=O) groups excluding carboxylic acids is 1. The van der Waals surface area contributed by atoms with Crippen LogP contribution < -0.4 is 5.32 Å². The summed E-state index contributed by atoms with van der Waals surface area (Å²) in [6.45, 7) is 4.39. The van der Waals surface area contributed by atoms with Gasteiger partial charge in [-0.25, -0.2) is 8.42 Å². The van der Waals surface area contributed by atoms with Crippen LogP contribution in [0.25, 0.3) is 11.5 Å². The molecule has 2 aromatic rings. The summed E-state index contributed by atoms with van der Waals surface area (Å²) in [5.74, 6) is 0.361. The Morgan fingerprint density at radius 2 is 2.04 bits per heavy atom. The van der Waals surface area contributed by atoms with E-state index in [9.17, 15) is 13.2 Å². The van der Waals surface area contributed by atoms with E-state index in [-0.39, 0.29) is 27.7 Å². The van der Waals surface area contributed by atoms with E-state index in [0.717, 1.165) is 24.6 Å². The van der Waals surface area contributed by atoms with Gasteiger partial charge < -0.3 is 9.73 Å². The molecule has 27 heavy (non-hydrogen) atoms. The molecule has 0 spiro atoms. The highest BCUT2D eigenvalue weighted by Gasteiger charge is 2.24. The van der Waals surface area contributed by atoms with Crippen LogP contribution >= 0.6 is 11.8 Å². The molecule has 0 atom stereocenters. The van der Waals surface area contributed by atoms with Gasteiger partial charge in [-0.05, 0) is 31.0 Å². The molecule has 0 bridgehead atoms. The Hall–Kier alpha value is -1.91. The minimum absolute atomic E-state index is 0.0606. The zero-order valence-corrected chi connectivity index (χ0v) is 16.8. The van der Waals surface area contributed by atoms with Gasteiger partial charge in [0.15, 0.2) is 0 Å². The molecule has 8 nitrogen and oxygen atoms in total. The summed E-state index contributed by atoms with van der Waals surface area (Å²) in [5.41, 5.74) is 0.519. The number of hydrogen-bond acceptors (Lipinski definition) is 7. The van der Waals surface area contributed by atoms with Gasteiger partial charge in [0.05, 0.1) is 10.6 Å². The van der Waals surface area contributed by atoms with Crippen LogP contribution in [0.3, 0.4) is 0 Å². The maximum atomic E-state index is 12.7. The van der Waals surface area contributed by atoms with Gasteiger partial charge in [0.25, 0.3) is 5.22 Å². The Morgan fingerprint density at radius 3 is 2.70 bits per heavy atom. The van der Waals surface area contributed by atoms with E-state index < -0.39 is 10.0 Å². The summed E-state index contributed by atoms with van der Waals surface area (Å²) in [6.07, 6.45) is 2.07. The van der Waals surface area contributed by atoms with Crippen LogP contribution in [0.15, 0.2) is 38.8 Å². The third kappa shape index (κ3) is 4.88. The topological polar surface area (TPSA) is 105 Å². The Balaban J connectivity index is 1.71. The summed E-state index contributed by atoms with van der Waals surface area (Å²) >= 11 is 1.16. The van der Waals surface area contributed by atoms with E-state index in [0.29, 0.717) is 24.7 Å². The lowest BCUT2D eigenvalue weighted by Crippen LogP contribution is -2.30. The Labute approximate surface area is 162 Å². The van der Waals surface area contributed by atoms with Crippen LogP contribution in [0, 0.1) is 0 Å². The molecule has 1 amide bonds. The highest BCUT2D eigenvalue weighted by Crippen LogP contribution is 2.26. The molecule has 3 rings (SSSR count). The lowest BCUT2D eigenvalue weighted by atomic mass is 10.2. The van der Waals surface area contributed by atoms with Crippen molar-refractivity contribution in [1.82, 2.24) is 19.8 Å². The number of aromatic nitrogens is 2. The second-order valence-electron chi connectivity index (χ2n) is 6.12. The minimum atomic E-state index is -3.57. The quantitative estimate of drug-likeness (QED) is 0.631. The predicted octanol–water partition coefficient (Wildman–Crippen LogP) is 2.14. The molecule has 0 radical (unpaired) electrons. The number of thioether (sulfide) groups is 1.